The van der Waals surface area contributed by atoms with Crippen LogP contribution in [0.4, 0.5) is 11.6 Å². The zero-order valence-electron chi connectivity index (χ0n) is 14.3. The molecule has 26 heavy (non-hydrogen) atoms. The second kappa shape index (κ2) is 8.77. The van der Waals surface area contributed by atoms with Gasteiger partial charge in [0.15, 0.2) is 0 Å². The predicted octanol–water partition coefficient (Wildman–Crippen LogP) is 2.99. The third-order valence-corrected chi connectivity index (χ3v) is 3.38. The quantitative estimate of drug-likeness (QED) is 0.721. The number of benzene rings is 1. The summed E-state index contributed by atoms with van der Waals surface area (Å²) in [6.07, 6.45) is -0.246. The number of ether oxygens (including phenoxy) is 1. The maximum absolute atomic E-state index is 12.2. The van der Waals surface area contributed by atoms with Crippen molar-refractivity contribution in [2.24, 2.45) is 0 Å². The van der Waals surface area contributed by atoms with Crippen LogP contribution in [0.15, 0.2) is 24.3 Å². The molecule has 0 spiro atoms. The number of carbonyl (C=O) groups excluding carboxylic acids is 2. The number of hydrogen-bond donors (Lipinski definition) is 2. The fourth-order valence-electron chi connectivity index (χ4n) is 1.89. The second-order valence-electron chi connectivity index (χ2n) is 5.58. The van der Waals surface area contributed by atoms with Crippen LogP contribution in [0, 0.1) is 0 Å². The molecule has 1 unspecified atom stereocenters. The summed E-state index contributed by atoms with van der Waals surface area (Å²) in [6.45, 7) is 5.04. The van der Waals surface area contributed by atoms with Gasteiger partial charge in [-0.3, -0.25) is 4.79 Å². The van der Waals surface area contributed by atoms with E-state index < -0.39 is 17.9 Å². The highest BCUT2D eigenvalue weighted by Gasteiger charge is 2.18. The molecule has 0 fully saturated rings. The van der Waals surface area contributed by atoms with Gasteiger partial charge in [-0.1, -0.05) is 0 Å². The normalized spacial score (nSPS) is 11.8. The van der Waals surface area contributed by atoms with Crippen molar-refractivity contribution in [3.05, 3.63) is 40.4 Å². The van der Waals surface area contributed by atoms with Crippen molar-refractivity contribution < 1.29 is 14.3 Å². The van der Waals surface area contributed by atoms with Gasteiger partial charge in [0, 0.05) is 11.3 Å². The topological polar surface area (TPSA) is 106 Å². The Kier molecular flexibility index (Phi) is 6.70. The molecule has 2 rings (SSSR count). The predicted molar refractivity (Wildman–Crippen MR) is 97.7 cm³/mol. The molecule has 0 saturated carbocycles. The fraction of sp³-hybridized carbons (Fsp3) is 0.312. The molecule has 10 heteroatoms. The standard InChI is InChI=1S/C16H17Cl2N5O3/c1-8(2)26-13(25)9(3)19-12(24)10-4-6-11(7-5-10)20-16-22-14(17)21-15(18)23-16/h4-9H,1-3H3,(H,19,24)(H,20,21,22,23). The Hall–Kier alpha value is -2.45. The van der Waals surface area contributed by atoms with Gasteiger partial charge in [0.1, 0.15) is 6.04 Å². The van der Waals surface area contributed by atoms with E-state index in [4.69, 9.17) is 27.9 Å². The first-order valence-electron chi connectivity index (χ1n) is 7.70. The van der Waals surface area contributed by atoms with E-state index in [-0.39, 0.29) is 22.6 Å². The summed E-state index contributed by atoms with van der Waals surface area (Å²) in [6, 6.07) is 5.72. The molecule has 0 aliphatic rings. The molecule has 1 heterocycles. The third kappa shape index (κ3) is 5.82. The SMILES string of the molecule is CC(C)OC(=O)C(C)NC(=O)c1ccc(Nc2nc(Cl)nc(Cl)n2)cc1. The Balaban J connectivity index is 2.00. The highest BCUT2D eigenvalue weighted by atomic mass is 35.5. The van der Waals surface area contributed by atoms with E-state index in [2.05, 4.69) is 25.6 Å². The van der Waals surface area contributed by atoms with Crippen molar-refractivity contribution >= 4 is 46.7 Å². The van der Waals surface area contributed by atoms with Gasteiger partial charge in [0.2, 0.25) is 16.5 Å². The van der Waals surface area contributed by atoms with Crippen molar-refractivity contribution in [2.75, 3.05) is 5.32 Å². The highest BCUT2D eigenvalue weighted by molar-refractivity contribution is 6.31. The van der Waals surface area contributed by atoms with Crippen LogP contribution in [-0.2, 0) is 9.53 Å². The smallest absolute Gasteiger partial charge is 0.328 e. The second-order valence-corrected chi connectivity index (χ2v) is 6.26. The Bertz CT molecular complexity index is 779. The van der Waals surface area contributed by atoms with E-state index >= 15 is 0 Å². The Labute approximate surface area is 160 Å². The maximum Gasteiger partial charge on any atom is 0.328 e. The van der Waals surface area contributed by atoms with Crippen LogP contribution in [0.1, 0.15) is 31.1 Å². The molecule has 2 N–H and O–H groups in total. The molecule has 2 aromatic rings. The van der Waals surface area contributed by atoms with Gasteiger partial charge in [0.25, 0.3) is 5.91 Å². The van der Waals surface area contributed by atoms with Gasteiger partial charge in [0.05, 0.1) is 6.10 Å². The zero-order chi connectivity index (χ0) is 19.3. The monoisotopic (exact) mass is 397 g/mol. The first-order chi connectivity index (χ1) is 12.2. The van der Waals surface area contributed by atoms with Gasteiger partial charge < -0.3 is 15.4 Å². The van der Waals surface area contributed by atoms with E-state index in [1.54, 1.807) is 45.0 Å². The van der Waals surface area contributed by atoms with E-state index in [0.717, 1.165) is 0 Å². The lowest BCUT2D eigenvalue weighted by Gasteiger charge is -2.15. The molecular weight excluding hydrogens is 381 g/mol. The summed E-state index contributed by atoms with van der Waals surface area (Å²) in [5, 5.41) is 5.41. The minimum atomic E-state index is -0.753. The van der Waals surface area contributed by atoms with E-state index in [1.807, 2.05) is 0 Å². The molecule has 0 radical (unpaired) electrons. The lowest BCUT2D eigenvalue weighted by atomic mass is 10.2. The Morgan fingerprint density at radius 2 is 1.58 bits per heavy atom. The molecule has 0 saturated heterocycles. The van der Waals surface area contributed by atoms with Gasteiger partial charge in [-0.2, -0.15) is 15.0 Å². The van der Waals surface area contributed by atoms with Gasteiger partial charge in [-0.05, 0) is 68.2 Å². The van der Waals surface area contributed by atoms with Gasteiger partial charge in [-0.15, -0.1) is 0 Å². The molecule has 1 atom stereocenters. The van der Waals surface area contributed by atoms with E-state index in [1.165, 1.54) is 0 Å². The number of esters is 1. The molecule has 0 bridgehead atoms. The molecule has 138 valence electrons. The van der Waals surface area contributed by atoms with Crippen molar-refractivity contribution in [3.63, 3.8) is 0 Å². The lowest BCUT2D eigenvalue weighted by molar-refractivity contribution is -0.149. The number of nitrogens with zero attached hydrogens (tertiary/aromatic N) is 3. The summed E-state index contributed by atoms with van der Waals surface area (Å²) in [7, 11) is 0. The highest BCUT2D eigenvalue weighted by Crippen LogP contribution is 2.16. The minimum Gasteiger partial charge on any atom is -0.461 e. The van der Waals surface area contributed by atoms with Gasteiger partial charge >= 0.3 is 5.97 Å². The van der Waals surface area contributed by atoms with Crippen molar-refractivity contribution in [1.82, 2.24) is 20.3 Å². The average Bonchev–Trinajstić information content (AvgIpc) is 2.53. The Morgan fingerprint density at radius 3 is 2.12 bits per heavy atom. The number of carbonyl (C=O) groups is 2. The molecule has 1 aromatic heterocycles. The van der Waals surface area contributed by atoms with Crippen molar-refractivity contribution in [1.29, 1.82) is 0 Å². The number of hydrogen-bond acceptors (Lipinski definition) is 7. The fourth-order valence-corrected chi connectivity index (χ4v) is 2.25. The van der Waals surface area contributed by atoms with Crippen LogP contribution < -0.4 is 10.6 Å². The van der Waals surface area contributed by atoms with Crippen LogP contribution in [0.2, 0.25) is 10.6 Å². The van der Waals surface area contributed by atoms with Crippen LogP contribution in [0.3, 0.4) is 0 Å². The number of anilines is 2. The summed E-state index contributed by atoms with van der Waals surface area (Å²) in [5.41, 5.74) is 0.999. The zero-order valence-corrected chi connectivity index (χ0v) is 15.8. The number of nitrogens with one attached hydrogen (secondary N) is 2. The van der Waals surface area contributed by atoms with Crippen LogP contribution >= 0.6 is 23.2 Å². The molecule has 0 aliphatic heterocycles. The summed E-state index contributed by atoms with van der Waals surface area (Å²) in [5.74, 6) is -0.705. The number of halogens is 2. The first-order valence-corrected chi connectivity index (χ1v) is 8.45. The lowest BCUT2D eigenvalue weighted by Crippen LogP contribution is -2.40. The number of amides is 1. The van der Waals surface area contributed by atoms with Crippen LogP contribution in [0.25, 0.3) is 0 Å². The van der Waals surface area contributed by atoms with E-state index in [9.17, 15) is 9.59 Å². The summed E-state index contributed by atoms with van der Waals surface area (Å²) < 4.78 is 5.05. The number of aromatic nitrogens is 3. The number of rotatable bonds is 6. The molecule has 1 amide bonds. The van der Waals surface area contributed by atoms with Crippen molar-refractivity contribution in [3.8, 4) is 0 Å². The van der Waals surface area contributed by atoms with Gasteiger partial charge in [-0.25, -0.2) is 4.79 Å². The molecule has 8 nitrogen and oxygen atoms in total. The minimum absolute atomic E-state index is 0.0363. The third-order valence-electron chi connectivity index (χ3n) is 3.04. The summed E-state index contributed by atoms with van der Waals surface area (Å²) in [4.78, 5) is 35.4. The van der Waals surface area contributed by atoms with Crippen LogP contribution in [-0.4, -0.2) is 39.0 Å². The Morgan fingerprint density at radius 1 is 1.00 bits per heavy atom. The maximum atomic E-state index is 12.2. The largest absolute Gasteiger partial charge is 0.461 e. The molecular formula is C16H17Cl2N5O3. The van der Waals surface area contributed by atoms with Crippen molar-refractivity contribution in [2.45, 2.75) is 32.9 Å². The molecule has 0 aliphatic carbocycles. The first kappa shape index (κ1) is 19.9. The molecule has 1 aromatic carbocycles. The summed E-state index contributed by atoms with van der Waals surface area (Å²) >= 11 is 11.4. The van der Waals surface area contributed by atoms with Crippen LogP contribution in [0.5, 0.6) is 0 Å². The van der Waals surface area contributed by atoms with E-state index in [0.29, 0.717) is 11.3 Å². The average molecular weight is 398 g/mol.